The molecule has 1 atom stereocenters. The number of aryl methyl sites for hydroxylation is 2. The summed E-state index contributed by atoms with van der Waals surface area (Å²) < 4.78 is 13.4. The van der Waals surface area contributed by atoms with E-state index in [0.29, 0.717) is 0 Å². The molecule has 0 unspecified atom stereocenters. The summed E-state index contributed by atoms with van der Waals surface area (Å²) in [6, 6.07) is 19.7. The van der Waals surface area contributed by atoms with E-state index < -0.39 is 0 Å². The van der Waals surface area contributed by atoms with E-state index in [9.17, 15) is 0 Å². The number of methoxy groups -OCH3 is 2. The van der Waals surface area contributed by atoms with Crippen LogP contribution >= 0.6 is 0 Å². The summed E-state index contributed by atoms with van der Waals surface area (Å²) in [5, 5.41) is 0. The van der Waals surface area contributed by atoms with Crippen molar-refractivity contribution in [1.29, 1.82) is 0 Å². The van der Waals surface area contributed by atoms with Crippen molar-refractivity contribution in [2.45, 2.75) is 38.9 Å². The number of hydrogen-bond donors (Lipinski definition) is 0. The van der Waals surface area contributed by atoms with Crippen LogP contribution in [0.4, 0.5) is 0 Å². The van der Waals surface area contributed by atoms with Crippen molar-refractivity contribution in [2.24, 2.45) is 0 Å². The standard InChI is InChI=1S/C25H30N2O2/c1-4-20-9-5-6-10-23(20)25-24-11-7-12-26(24)13-8-14-27(25)18-19-15-21(28-2)17-22(16-19)29-3/h5-7,9-12,15-17,25H,4,8,13-14,18H2,1-3H3/t25-/m0/s1. The number of ether oxygens (including phenoxy) is 2. The van der Waals surface area contributed by atoms with Gasteiger partial charge in [0.05, 0.1) is 20.3 Å². The van der Waals surface area contributed by atoms with Gasteiger partial charge >= 0.3 is 0 Å². The van der Waals surface area contributed by atoms with E-state index in [-0.39, 0.29) is 6.04 Å². The van der Waals surface area contributed by atoms with E-state index in [1.54, 1.807) is 14.2 Å². The average Bonchev–Trinajstić information content (AvgIpc) is 3.15. The molecule has 4 heteroatoms. The van der Waals surface area contributed by atoms with Crippen LogP contribution < -0.4 is 9.47 Å². The second-order valence-corrected chi connectivity index (χ2v) is 7.63. The van der Waals surface area contributed by atoms with Gasteiger partial charge in [0.25, 0.3) is 0 Å². The zero-order valence-corrected chi connectivity index (χ0v) is 17.6. The lowest BCUT2D eigenvalue weighted by Gasteiger charge is -2.32. The van der Waals surface area contributed by atoms with Crippen LogP contribution in [0.5, 0.6) is 11.5 Å². The number of nitrogens with zero attached hydrogens (tertiary/aromatic N) is 2. The van der Waals surface area contributed by atoms with Gasteiger partial charge in [-0.3, -0.25) is 4.90 Å². The predicted octanol–water partition coefficient (Wildman–Crippen LogP) is 5.06. The first-order valence-electron chi connectivity index (χ1n) is 10.4. The molecule has 152 valence electrons. The highest BCUT2D eigenvalue weighted by molar-refractivity contribution is 5.40. The Balaban J connectivity index is 1.77. The minimum absolute atomic E-state index is 0.237. The topological polar surface area (TPSA) is 26.6 Å². The minimum atomic E-state index is 0.237. The molecule has 0 bridgehead atoms. The molecule has 2 heterocycles. The van der Waals surface area contributed by atoms with E-state index >= 15 is 0 Å². The van der Waals surface area contributed by atoms with Gasteiger partial charge in [-0.1, -0.05) is 31.2 Å². The van der Waals surface area contributed by atoms with Crippen LogP contribution in [0.3, 0.4) is 0 Å². The molecule has 1 aromatic heterocycles. The van der Waals surface area contributed by atoms with Crippen LogP contribution in [0.15, 0.2) is 60.8 Å². The molecule has 0 radical (unpaired) electrons. The van der Waals surface area contributed by atoms with E-state index in [0.717, 1.165) is 44.0 Å². The third-order valence-corrected chi connectivity index (χ3v) is 5.88. The van der Waals surface area contributed by atoms with Crippen molar-refractivity contribution in [2.75, 3.05) is 20.8 Å². The molecular formula is C25H30N2O2. The first-order valence-corrected chi connectivity index (χ1v) is 10.4. The molecule has 0 amide bonds. The normalized spacial score (nSPS) is 16.9. The van der Waals surface area contributed by atoms with E-state index in [2.05, 4.69) is 71.1 Å². The van der Waals surface area contributed by atoms with Gasteiger partial charge in [0, 0.05) is 37.6 Å². The zero-order valence-electron chi connectivity index (χ0n) is 17.6. The molecule has 0 saturated carbocycles. The van der Waals surface area contributed by atoms with Crippen molar-refractivity contribution in [1.82, 2.24) is 9.47 Å². The molecule has 29 heavy (non-hydrogen) atoms. The van der Waals surface area contributed by atoms with Crippen LogP contribution in [0.2, 0.25) is 0 Å². The maximum Gasteiger partial charge on any atom is 0.122 e. The van der Waals surface area contributed by atoms with Crippen molar-refractivity contribution in [3.63, 3.8) is 0 Å². The smallest absolute Gasteiger partial charge is 0.122 e. The second kappa shape index (κ2) is 8.75. The summed E-state index contributed by atoms with van der Waals surface area (Å²) in [4.78, 5) is 2.60. The van der Waals surface area contributed by atoms with Crippen molar-refractivity contribution in [3.05, 3.63) is 83.2 Å². The SMILES string of the molecule is CCc1ccccc1[C@H]1c2cccn2CCCN1Cc1cc(OC)cc(OC)c1. The summed E-state index contributed by atoms with van der Waals surface area (Å²) in [6.07, 6.45) is 4.39. The zero-order chi connectivity index (χ0) is 20.2. The lowest BCUT2D eigenvalue weighted by molar-refractivity contribution is 0.219. The van der Waals surface area contributed by atoms with E-state index in [1.807, 2.05) is 6.07 Å². The van der Waals surface area contributed by atoms with Crippen LogP contribution in [0, 0.1) is 0 Å². The number of benzene rings is 2. The monoisotopic (exact) mass is 390 g/mol. The minimum Gasteiger partial charge on any atom is -0.497 e. The fraction of sp³-hybridized carbons (Fsp3) is 0.360. The summed E-state index contributed by atoms with van der Waals surface area (Å²) in [5.41, 5.74) is 5.41. The molecule has 0 saturated heterocycles. The lowest BCUT2D eigenvalue weighted by atomic mass is 9.94. The van der Waals surface area contributed by atoms with Crippen molar-refractivity contribution < 1.29 is 9.47 Å². The molecule has 0 aliphatic carbocycles. The third-order valence-electron chi connectivity index (χ3n) is 5.88. The van der Waals surface area contributed by atoms with Crippen molar-refractivity contribution >= 4 is 0 Å². The summed E-state index contributed by atoms with van der Waals surface area (Å²) in [5.74, 6) is 1.67. The number of fused-ring (bicyclic) bond motifs is 1. The Morgan fingerprint density at radius 3 is 2.41 bits per heavy atom. The molecule has 4 rings (SSSR count). The summed E-state index contributed by atoms with van der Waals surface area (Å²) >= 11 is 0. The highest BCUT2D eigenvalue weighted by Crippen LogP contribution is 2.35. The predicted molar refractivity (Wildman–Crippen MR) is 117 cm³/mol. The highest BCUT2D eigenvalue weighted by atomic mass is 16.5. The lowest BCUT2D eigenvalue weighted by Crippen LogP contribution is -2.30. The van der Waals surface area contributed by atoms with Crippen molar-refractivity contribution in [3.8, 4) is 11.5 Å². The van der Waals surface area contributed by atoms with Gasteiger partial charge in [0.1, 0.15) is 11.5 Å². The van der Waals surface area contributed by atoms with Gasteiger partial charge in [-0.25, -0.2) is 0 Å². The first kappa shape index (κ1) is 19.6. The molecule has 4 nitrogen and oxygen atoms in total. The maximum absolute atomic E-state index is 5.50. The fourth-order valence-corrected chi connectivity index (χ4v) is 4.48. The largest absolute Gasteiger partial charge is 0.497 e. The van der Waals surface area contributed by atoms with Gasteiger partial charge in [0.15, 0.2) is 0 Å². The number of aromatic nitrogens is 1. The van der Waals surface area contributed by atoms with E-state index in [1.165, 1.54) is 22.4 Å². The summed E-state index contributed by atoms with van der Waals surface area (Å²) in [6.45, 7) is 5.20. The Kier molecular flexibility index (Phi) is 5.91. The quantitative estimate of drug-likeness (QED) is 0.588. The molecule has 0 spiro atoms. The number of hydrogen-bond acceptors (Lipinski definition) is 3. The van der Waals surface area contributed by atoms with Gasteiger partial charge in [-0.15, -0.1) is 0 Å². The summed E-state index contributed by atoms with van der Waals surface area (Å²) in [7, 11) is 3.41. The van der Waals surface area contributed by atoms with Crippen LogP contribution in [0.1, 0.15) is 41.8 Å². The molecule has 0 fully saturated rings. The molecular weight excluding hydrogens is 360 g/mol. The van der Waals surface area contributed by atoms with E-state index in [4.69, 9.17) is 9.47 Å². The first-order chi connectivity index (χ1) is 14.2. The van der Waals surface area contributed by atoms with Crippen LogP contribution in [-0.4, -0.2) is 30.2 Å². The molecule has 0 N–H and O–H groups in total. The Bertz CT molecular complexity index is 941. The Morgan fingerprint density at radius 2 is 1.69 bits per heavy atom. The van der Waals surface area contributed by atoms with Gasteiger partial charge in [-0.05, 0) is 53.8 Å². The fourth-order valence-electron chi connectivity index (χ4n) is 4.48. The second-order valence-electron chi connectivity index (χ2n) is 7.63. The third kappa shape index (κ3) is 4.03. The molecule has 2 aromatic carbocycles. The highest BCUT2D eigenvalue weighted by Gasteiger charge is 2.28. The Hall–Kier alpha value is -2.72. The van der Waals surface area contributed by atoms with Gasteiger partial charge in [-0.2, -0.15) is 0 Å². The molecule has 1 aliphatic heterocycles. The van der Waals surface area contributed by atoms with Gasteiger partial charge < -0.3 is 14.0 Å². The Morgan fingerprint density at radius 1 is 0.931 bits per heavy atom. The van der Waals surface area contributed by atoms with Crippen LogP contribution in [0.25, 0.3) is 0 Å². The molecule has 1 aliphatic rings. The Labute approximate surface area is 173 Å². The average molecular weight is 391 g/mol. The number of rotatable bonds is 6. The maximum atomic E-state index is 5.50. The van der Waals surface area contributed by atoms with Crippen LogP contribution in [-0.2, 0) is 19.5 Å². The van der Waals surface area contributed by atoms with Gasteiger partial charge in [0.2, 0.25) is 0 Å². The molecule has 3 aromatic rings.